The monoisotopic (exact) mass is 474 g/mol. The van der Waals surface area contributed by atoms with Crippen LogP contribution < -0.4 is 9.46 Å². The lowest BCUT2D eigenvalue weighted by atomic mass is 9.98. The number of sulfonamides is 1. The number of nitrogens with zero attached hydrogens (tertiary/aromatic N) is 1. The average Bonchev–Trinajstić information content (AvgIpc) is 3.43. The lowest BCUT2D eigenvalue weighted by Crippen LogP contribution is -2.22. The topological polar surface area (TPSA) is 95.9 Å². The van der Waals surface area contributed by atoms with Crippen LogP contribution in [-0.2, 0) is 16.4 Å². The number of benzene rings is 2. The molecule has 0 unspecified atom stereocenters. The van der Waals surface area contributed by atoms with Gasteiger partial charge in [-0.3, -0.25) is 4.72 Å². The van der Waals surface area contributed by atoms with Crippen molar-refractivity contribution in [1.29, 1.82) is 0 Å². The molecule has 2 aromatic carbocycles. The SMILES string of the molecule is CCN1CC[C@@H](Cc2cc(F)ccc2S(=O)(=O)Nc2ccc3c(c2C(=O)O)OC[C@@H]2C[C@H]32)C1. The first-order chi connectivity index (χ1) is 15.8. The molecule has 1 aliphatic carbocycles. The van der Waals surface area contributed by atoms with Crippen molar-refractivity contribution >= 4 is 21.7 Å². The second kappa shape index (κ2) is 8.29. The molecule has 0 spiro atoms. The third-order valence-electron chi connectivity index (χ3n) is 7.05. The normalized spacial score (nSPS) is 24.0. The van der Waals surface area contributed by atoms with Crippen LogP contribution in [0.15, 0.2) is 35.2 Å². The van der Waals surface area contributed by atoms with E-state index in [1.807, 2.05) is 0 Å². The highest BCUT2D eigenvalue weighted by atomic mass is 32.2. The fourth-order valence-electron chi connectivity index (χ4n) is 5.19. The van der Waals surface area contributed by atoms with Crippen LogP contribution in [0.25, 0.3) is 0 Å². The quantitative estimate of drug-likeness (QED) is 0.635. The summed E-state index contributed by atoms with van der Waals surface area (Å²) in [5, 5.41) is 9.85. The Hall–Kier alpha value is -2.65. The highest BCUT2D eigenvalue weighted by Gasteiger charge is 2.45. The number of halogens is 1. The van der Waals surface area contributed by atoms with Crippen molar-refractivity contribution in [3.63, 3.8) is 0 Å². The van der Waals surface area contributed by atoms with Gasteiger partial charge in [-0.1, -0.05) is 13.0 Å². The number of hydrogen-bond acceptors (Lipinski definition) is 5. The lowest BCUT2D eigenvalue weighted by molar-refractivity contribution is 0.0692. The minimum Gasteiger partial charge on any atom is -0.492 e. The minimum absolute atomic E-state index is 0.0314. The fourth-order valence-corrected chi connectivity index (χ4v) is 6.50. The van der Waals surface area contributed by atoms with Crippen LogP contribution in [0.3, 0.4) is 0 Å². The van der Waals surface area contributed by atoms with E-state index in [4.69, 9.17) is 4.74 Å². The molecule has 9 heteroatoms. The number of carboxylic acids is 1. The van der Waals surface area contributed by atoms with Gasteiger partial charge in [0.2, 0.25) is 0 Å². The van der Waals surface area contributed by atoms with Crippen molar-refractivity contribution in [3.8, 4) is 5.75 Å². The molecule has 3 aliphatic rings. The molecule has 33 heavy (non-hydrogen) atoms. The molecule has 1 saturated heterocycles. The van der Waals surface area contributed by atoms with Crippen LogP contribution in [0, 0.1) is 17.7 Å². The molecule has 0 bridgehead atoms. The van der Waals surface area contributed by atoms with Gasteiger partial charge in [0, 0.05) is 12.5 Å². The fraction of sp³-hybridized carbons (Fsp3) is 0.458. The van der Waals surface area contributed by atoms with Crippen molar-refractivity contribution < 1.29 is 27.4 Å². The Kier molecular flexibility index (Phi) is 5.56. The number of anilines is 1. The second-order valence-electron chi connectivity index (χ2n) is 9.23. The molecular weight excluding hydrogens is 447 g/mol. The van der Waals surface area contributed by atoms with Gasteiger partial charge >= 0.3 is 5.97 Å². The Labute approximate surface area is 192 Å². The van der Waals surface area contributed by atoms with Gasteiger partial charge in [0.05, 0.1) is 17.2 Å². The molecule has 2 heterocycles. The van der Waals surface area contributed by atoms with Gasteiger partial charge in [0.15, 0.2) is 0 Å². The molecule has 2 aromatic rings. The number of likely N-dealkylation sites (tertiary alicyclic amines) is 1. The van der Waals surface area contributed by atoms with E-state index in [0.29, 0.717) is 24.5 Å². The summed E-state index contributed by atoms with van der Waals surface area (Å²) < 4.78 is 48.9. The second-order valence-corrected chi connectivity index (χ2v) is 10.9. The van der Waals surface area contributed by atoms with E-state index in [0.717, 1.165) is 44.1 Å². The smallest absolute Gasteiger partial charge is 0.341 e. The summed E-state index contributed by atoms with van der Waals surface area (Å²) in [5.74, 6) is -0.599. The summed E-state index contributed by atoms with van der Waals surface area (Å²) in [6.45, 7) is 5.22. The van der Waals surface area contributed by atoms with E-state index in [1.54, 1.807) is 6.07 Å². The number of rotatable bonds is 7. The molecule has 2 aliphatic heterocycles. The van der Waals surface area contributed by atoms with Crippen LogP contribution in [-0.4, -0.2) is 50.6 Å². The van der Waals surface area contributed by atoms with Crippen molar-refractivity contribution in [3.05, 3.63) is 52.8 Å². The highest BCUT2D eigenvalue weighted by molar-refractivity contribution is 7.92. The van der Waals surface area contributed by atoms with E-state index in [-0.39, 0.29) is 33.7 Å². The number of fused-ring (bicyclic) bond motifs is 3. The van der Waals surface area contributed by atoms with Gasteiger partial charge in [0.25, 0.3) is 10.0 Å². The van der Waals surface area contributed by atoms with E-state index in [9.17, 15) is 22.7 Å². The number of hydrogen-bond donors (Lipinski definition) is 2. The molecule has 5 rings (SSSR count). The Morgan fingerprint density at radius 2 is 2.12 bits per heavy atom. The molecule has 0 amide bonds. The van der Waals surface area contributed by atoms with E-state index >= 15 is 0 Å². The van der Waals surface area contributed by atoms with Gasteiger partial charge in [-0.25, -0.2) is 17.6 Å². The Morgan fingerprint density at radius 3 is 2.85 bits per heavy atom. The van der Waals surface area contributed by atoms with Gasteiger partial charge < -0.3 is 14.7 Å². The Balaban J connectivity index is 1.47. The third-order valence-corrected chi connectivity index (χ3v) is 8.51. The summed E-state index contributed by atoms with van der Waals surface area (Å²) >= 11 is 0. The zero-order chi connectivity index (χ0) is 23.3. The highest BCUT2D eigenvalue weighted by Crippen LogP contribution is 2.55. The minimum atomic E-state index is -4.16. The number of aromatic carboxylic acids is 1. The predicted octanol–water partition coefficient (Wildman–Crippen LogP) is 3.70. The summed E-state index contributed by atoms with van der Waals surface area (Å²) in [6, 6.07) is 6.87. The average molecular weight is 475 g/mol. The van der Waals surface area contributed by atoms with Gasteiger partial charge in [-0.2, -0.15) is 0 Å². The number of carboxylic acid groups (broad SMARTS) is 1. The molecule has 3 atom stereocenters. The van der Waals surface area contributed by atoms with E-state index in [1.165, 1.54) is 18.2 Å². The molecule has 7 nitrogen and oxygen atoms in total. The number of carbonyl (C=O) groups is 1. The lowest BCUT2D eigenvalue weighted by Gasteiger charge is -2.21. The molecule has 1 saturated carbocycles. The van der Waals surface area contributed by atoms with Crippen LogP contribution in [0.5, 0.6) is 5.75 Å². The van der Waals surface area contributed by atoms with Gasteiger partial charge in [0.1, 0.15) is 17.1 Å². The number of ether oxygens (including phenoxy) is 1. The molecule has 176 valence electrons. The van der Waals surface area contributed by atoms with E-state index < -0.39 is 21.8 Å². The van der Waals surface area contributed by atoms with E-state index in [2.05, 4.69) is 16.5 Å². The van der Waals surface area contributed by atoms with Gasteiger partial charge in [-0.15, -0.1) is 0 Å². The van der Waals surface area contributed by atoms with Crippen molar-refractivity contribution in [2.75, 3.05) is 31.0 Å². The standard InChI is InChI=1S/C24H27FN2O5S/c1-2-27-8-7-14(12-27)9-15-10-17(25)3-6-21(15)33(30,31)26-20-5-4-18-19-11-16(19)13-32-23(18)22(20)24(28)29/h3-6,10,14,16,19,26H,2,7-9,11-13H2,1H3,(H,28,29)/t14-,16-,19-/m0/s1. The third kappa shape index (κ3) is 4.19. The Bertz CT molecular complexity index is 1220. The first-order valence-corrected chi connectivity index (χ1v) is 12.8. The summed E-state index contributed by atoms with van der Waals surface area (Å²) in [4.78, 5) is 14.3. The maximum atomic E-state index is 14.1. The van der Waals surface area contributed by atoms with Crippen molar-refractivity contribution in [2.45, 2.75) is 37.0 Å². The first-order valence-electron chi connectivity index (χ1n) is 11.3. The maximum absolute atomic E-state index is 14.1. The zero-order valence-corrected chi connectivity index (χ0v) is 19.2. The molecular formula is C24H27FN2O5S. The first kappa shape index (κ1) is 22.2. The summed E-state index contributed by atoms with van der Waals surface area (Å²) in [5.41, 5.74) is 0.987. The van der Waals surface area contributed by atoms with Crippen molar-refractivity contribution in [2.24, 2.45) is 11.8 Å². The zero-order valence-electron chi connectivity index (χ0n) is 18.4. The molecule has 0 aromatic heterocycles. The Morgan fingerprint density at radius 1 is 1.30 bits per heavy atom. The van der Waals surface area contributed by atoms with Crippen LogP contribution in [0.2, 0.25) is 0 Å². The van der Waals surface area contributed by atoms with Crippen LogP contribution in [0.1, 0.15) is 47.2 Å². The predicted molar refractivity (Wildman–Crippen MR) is 121 cm³/mol. The number of nitrogens with one attached hydrogen (secondary N) is 1. The maximum Gasteiger partial charge on any atom is 0.341 e. The molecule has 2 N–H and O–H groups in total. The molecule has 2 fully saturated rings. The van der Waals surface area contributed by atoms with Gasteiger partial charge in [-0.05, 0) is 79.6 Å². The summed E-state index contributed by atoms with van der Waals surface area (Å²) in [6.07, 6.45) is 2.31. The molecule has 0 radical (unpaired) electrons. The van der Waals surface area contributed by atoms with Crippen molar-refractivity contribution in [1.82, 2.24) is 4.90 Å². The largest absolute Gasteiger partial charge is 0.492 e. The van der Waals surface area contributed by atoms with Crippen LogP contribution in [0.4, 0.5) is 10.1 Å². The van der Waals surface area contributed by atoms with Crippen LogP contribution >= 0.6 is 0 Å². The summed E-state index contributed by atoms with van der Waals surface area (Å²) in [7, 11) is -4.16.